The highest BCUT2D eigenvalue weighted by Crippen LogP contribution is 2.23. The van der Waals surface area contributed by atoms with Crippen molar-refractivity contribution in [2.45, 2.75) is 32.8 Å². The molecule has 1 aliphatic rings. The van der Waals surface area contributed by atoms with Crippen molar-refractivity contribution in [3.05, 3.63) is 58.7 Å². The van der Waals surface area contributed by atoms with Crippen LogP contribution in [0.5, 0.6) is 5.75 Å². The lowest BCUT2D eigenvalue weighted by molar-refractivity contribution is 0.306. The normalized spacial score (nSPS) is 13.1. The van der Waals surface area contributed by atoms with Crippen molar-refractivity contribution in [3.8, 4) is 5.75 Å². The Balaban J connectivity index is 1.69. The first-order chi connectivity index (χ1) is 10.1. The van der Waals surface area contributed by atoms with Crippen LogP contribution in [0.1, 0.15) is 28.7 Å². The van der Waals surface area contributed by atoms with Gasteiger partial charge in [0.15, 0.2) is 0 Å². The molecule has 0 atom stereocenters. The standard InChI is InChI=1S/C17H19BO3/c1-12-9-16(7-8-17(12)18(19)20)21-11-13-5-6-14-3-2-4-15(14)10-13/h5-10,19-20H,2-4,11H2,1H3. The molecule has 2 N–H and O–H groups in total. The van der Waals surface area contributed by atoms with Crippen molar-refractivity contribution in [1.82, 2.24) is 0 Å². The van der Waals surface area contributed by atoms with E-state index in [0.717, 1.165) is 11.3 Å². The molecule has 0 fully saturated rings. The molecule has 1 aliphatic carbocycles. The lowest BCUT2D eigenvalue weighted by atomic mass is 9.77. The van der Waals surface area contributed by atoms with E-state index in [4.69, 9.17) is 4.74 Å². The van der Waals surface area contributed by atoms with E-state index in [2.05, 4.69) is 18.2 Å². The molecule has 0 aromatic heterocycles. The second-order valence-electron chi connectivity index (χ2n) is 5.64. The van der Waals surface area contributed by atoms with E-state index < -0.39 is 7.12 Å². The molecule has 0 amide bonds. The first kappa shape index (κ1) is 14.2. The van der Waals surface area contributed by atoms with Gasteiger partial charge in [0.1, 0.15) is 12.4 Å². The minimum atomic E-state index is -1.43. The van der Waals surface area contributed by atoms with Gasteiger partial charge in [0, 0.05) is 0 Å². The molecular formula is C17H19BO3. The number of hydrogen-bond acceptors (Lipinski definition) is 3. The van der Waals surface area contributed by atoms with Gasteiger partial charge in [-0.2, -0.15) is 0 Å². The molecule has 0 bridgehead atoms. The van der Waals surface area contributed by atoms with Crippen molar-refractivity contribution in [3.63, 3.8) is 0 Å². The van der Waals surface area contributed by atoms with Crippen molar-refractivity contribution >= 4 is 12.6 Å². The average Bonchev–Trinajstić information content (AvgIpc) is 2.92. The van der Waals surface area contributed by atoms with Gasteiger partial charge in [0.25, 0.3) is 0 Å². The summed E-state index contributed by atoms with van der Waals surface area (Å²) < 4.78 is 5.80. The van der Waals surface area contributed by atoms with Crippen LogP contribution in [-0.2, 0) is 19.4 Å². The molecule has 21 heavy (non-hydrogen) atoms. The van der Waals surface area contributed by atoms with Crippen LogP contribution >= 0.6 is 0 Å². The number of benzene rings is 2. The van der Waals surface area contributed by atoms with E-state index in [0.29, 0.717) is 12.1 Å². The molecule has 0 heterocycles. The Labute approximate surface area is 125 Å². The quantitative estimate of drug-likeness (QED) is 0.840. The zero-order chi connectivity index (χ0) is 14.8. The van der Waals surface area contributed by atoms with Crippen LogP contribution in [-0.4, -0.2) is 17.2 Å². The first-order valence-corrected chi connectivity index (χ1v) is 7.33. The second-order valence-corrected chi connectivity index (χ2v) is 5.64. The minimum Gasteiger partial charge on any atom is -0.489 e. The van der Waals surface area contributed by atoms with Crippen LogP contribution in [0, 0.1) is 6.92 Å². The summed E-state index contributed by atoms with van der Waals surface area (Å²) in [5, 5.41) is 18.4. The van der Waals surface area contributed by atoms with Gasteiger partial charge in [0.2, 0.25) is 0 Å². The number of fused-ring (bicyclic) bond motifs is 1. The summed E-state index contributed by atoms with van der Waals surface area (Å²) in [5.74, 6) is 0.748. The van der Waals surface area contributed by atoms with E-state index in [1.165, 1.54) is 36.0 Å². The lowest BCUT2D eigenvalue weighted by Crippen LogP contribution is -2.31. The van der Waals surface area contributed by atoms with Crippen LogP contribution in [0.15, 0.2) is 36.4 Å². The van der Waals surface area contributed by atoms with Gasteiger partial charge in [-0.05, 0) is 66.0 Å². The molecule has 3 nitrogen and oxygen atoms in total. The van der Waals surface area contributed by atoms with E-state index in [-0.39, 0.29) is 0 Å². The molecule has 0 saturated heterocycles. The zero-order valence-electron chi connectivity index (χ0n) is 12.2. The van der Waals surface area contributed by atoms with Crippen molar-refractivity contribution in [2.24, 2.45) is 0 Å². The summed E-state index contributed by atoms with van der Waals surface area (Å²) in [4.78, 5) is 0. The third-order valence-electron chi connectivity index (χ3n) is 4.09. The Hall–Kier alpha value is -1.78. The third-order valence-corrected chi connectivity index (χ3v) is 4.09. The fourth-order valence-corrected chi connectivity index (χ4v) is 2.91. The van der Waals surface area contributed by atoms with Gasteiger partial charge >= 0.3 is 7.12 Å². The Kier molecular flexibility index (Phi) is 4.00. The number of ether oxygens (including phenoxy) is 1. The SMILES string of the molecule is Cc1cc(OCc2ccc3c(c2)CCC3)ccc1B(O)O. The molecule has 0 radical (unpaired) electrons. The smallest absolute Gasteiger partial charge is 0.488 e. The molecule has 3 rings (SSSR count). The summed E-state index contributed by atoms with van der Waals surface area (Å²) >= 11 is 0. The highest BCUT2D eigenvalue weighted by Gasteiger charge is 2.14. The first-order valence-electron chi connectivity index (χ1n) is 7.33. The molecule has 0 saturated carbocycles. The summed E-state index contributed by atoms with van der Waals surface area (Å²) in [7, 11) is -1.43. The zero-order valence-corrected chi connectivity index (χ0v) is 12.2. The summed E-state index contributed by atoms with van der Waals surface area (Å²) in [6.07, 6.45) is 3.62. The monoisotopic (exact) mass is 282 g/mol. The molecule has 108 valence electrons. The molecule has 0 unspecified atom stereocenters. The van der Waals surface area contributed by atoms with Gasteiger partial charge in [-0.25, -0.2) is 0 Å². The van der Waals surface area contributed by atoms with Crippen molar-refractivity contribution < 1.29 is 14.8 Å². The van der Waals surface area contributed by atoms with Crippen LogP contribution in [0.3, 0.4) is 0 Å². The lowest BCUT2D eigenvalue weighted by Gasteiger charge is -2.11. The minimum absolute atomic E-state index is 0.514. The van der Waals surface area contributed by atoms with E-state index in [9.17, 15) is 10.0 Å². The summed E-state index contributed by atoms with van der Waals surface area (Å²) in [5.41, 5.74) is 5.43. The average molecular weight is 282 g/mol. The summed E-state index contributed by atoms with van der Waals surface area (Å²) in [6.45, 7) is 2.38. The largest absolute Gasteiger partial charge is 0.489 e. The van der Waals surface area contributed by atoms with Gasteiger partial charge in [-0.3, -0.25) is 0 Å². The van der Waals surface area contributed by atoms with Gasteiger partial charge < -0.3 is 14.8 Å². The van der Waals surface area contributed by atoms with Gasteiger partial charge in [-0.15, -0.1) is 0 Å². The maximum absolute atomic E-state index is 9.21. The third kappa shape index (κ3) is 3.12. The maximum atomic E-state index is 9.21. The highest BCUT2D eigenvalue weighted by atomic mass is 16.5. The van der Waals surface area contributed by atoms with Crippen LogP contribution < -0.4 is 10.2 Å². The molecule has 4 heteroatoms. The van der Waals surface area contributed by atoms with Crippen molar-refractivity contribution in [2.75, 3.05) is 0 Å². The van der Waals surface area contributed by atoms with Crippen LogP contribution in [0.2, 0.25) is 0 Å². The number of rotatable bonds is 4. The Morgan fingerprint density at radius 2 is 1.86 bits per heavy atom. The fourth-order valence-electron chi connectivity index (χ4n) is 2.91. The van der Waals surface area contributed by atoms with Crippen LogP contribution in [0.4, 0.5) is 0 Å². The Bertz CT molecular complexity index is 652. The Morgan fingerprint density at radius 1 is 1.05 bits per heavy atom. The topological polar surface area (TPSA) is 49.7 Å². The molecule has 2 aromatic carbocycles. The maximum Gasteiger partial charge on any atom is 0.488 e. The predicted molar refractivity (Wildman–Crippen MR) is 83.8 cm³/mol. The van der Waals surface area contributed by atoms with E-state index in [1.54, 1.807) is 12.1 Å². The van der Waals surface area contributed by atoms with Gasteiger partial charge in [0.05, 0.1) is 0 Å². The highest BCUT2D eigenvalue weighted by molar-refractivity contribution is 6.59. The van der Waals surface area contributed by atoms with Gasteiger partial charge in [-0.1, -0.05) is 24.3 Å². The number of aryl methyl sites for hydroxylation is 3. The summed E-state index contributed by atoms with van der Waals surface area (Å²) in [6, 6.07) is 11.9. The molecule has 2 aromatic rings. The second kappa shape index (κ2) is 5.92. The molecule has 0 aliphatic heterocycles. The van der Waals surface area contributed by atoms with E-state index in [1.807, 2.05) is 13.0 Å². The fraction of sp³-hybridized carbons (Fsp3) is 0.294. The van der Waals surface area contributed by atoms with E-state index >= 15 is 0 Å². The Morgan fingerprint density at radius 3 is 2.62 bits per heavy atom. The molecular weight excluding hydrogens is 263 g/mol. The number of hydrogen-bond donors (Lipinski definition) is 2. The predicted octanol–water partition coefficient (Wildman–Crippen LogP) is 1.74. The molecule has 0 spiro atoms. The van der Waals surface area contributed by atoms with Crippen molar-refractivity contribution in [1.29, 1.82) is 0 Å². The van der Waals surface area contributed by atoms with Crippen LogP contribution in [0.25, 0.3) is 0 Å².